The largest absolute Gasteiger partial charge is 0.490 e. The first-order chi connectivity index (χ1) is 9.13. The van der Waals surface area contributed by atoms with E-state index < -0.39 is 4.92 Å². The molecule has 0 saturated carbocycles. The maximum absolute atomic E-state index is 12.2. The number of nitro benzene ring substituents is 1. The van der Waals surface area contributed by atoms with E-state index in [2.05, 4.69) is 5.32 Å². The van der Waals surface area contributed by atoms with Crippen LogP contribution in [0, 0.1) is 10.1 Å². The zero-order valence-corrected chi connectivity index (χ0v) is 11.8. The van der Waals surface area contributed by atoms with Gasteiger partial charge in [0.05, 0.1) is 12.0 Å². The van der Waals surface area contributed by atoms with Crippen LogP contribution in [-0.2, 0) is 0 Å². The number of nitro groups is 1. The summed E-state index contributed by atoms with van der Waals surface area (Å²) in [6.07, 6.45) is 0. The molecule has 1 aromatic rings. The minimum Gasteiger partial charge on any atom is -0.490 e. The Bertz CT molecular complexity index is 503. The second kappa shape index (κ2) is 7.06. The molecule has 1 amide bonds. The number of nitrogens with zero attached hydrogens (tertiary/aromatic N) is 2. The Morgan fingerprint density at radius 2 is 2.05 bits per heavy atom. The molecule has 1 aliphatic heterocycles. The van der Waals surface area contributed by atoms with Crippen molar-refractivity contribution >= 4 is 24.0 Å². The lowest BCUT2D eigenvalue weighted by molar-refractivity contribution is -0.385. The molecule has 1 saturated heterocycles. The first-order valence-electron chi connectivity index (χ1n) is 5.96. The standard InChI is InChI=1S/C12H15N3O4.ClH/c1-19-11-8-9(2-3-10(11)15(17)18)12(16)14-6-4-13-5-7-14;/h2-3,8,13H,4-7H2,1H3;1H. The third kappa shape index (κ3) is 3.37. The van der Waals surface area contributed by atoms with Gasteiger partial charge in [0.15, 0.2) is 5.75 Å². The van der Waals surface area contributed by atoms with Gasteiger partial charge in [0.2, 0.25) is 0 Å². The van der Waals surface area contributed by atoms with E-state index >= 15 is 0 Å². The lowest BCUT2D eigenvalue weighted by Gasteiger charge is -2.27. The average Bonchev–Trinajstić information content (AvgIpc) is 2.46. The Labute approximate surface area is 122 Å². The van der Waals surface area contributed by atoms with Crippen LogP contribution >= 0.6 is 12.4 Å². The highest BCUT2D eigenvalue weighted by Gasteiger charge is 2.21. The van der Waals surface area contributed by atoms with Gasteiger partial charge in [-0.1, -0.05) is 0 Å². The number of benzene rings is 1. The molecule has 0 unspecified atom stereocenters. The number of halogens is 1. The van der Waals surface area contributed by atoms with Crippen LogP contribution in [0.4, 0.5) is 5.69 Å². The van der Waals surface area contributed by atoms with Crippen LogP contribution < -0.4 is 10.1 Å². The van der Waals surface area contributed by atoms with Gasteiger partial charge in [-0.15, -0.1) is 12.4 Å². The van der Waals surface area contributed by atoms with Crippen LogP contribution in [0.1, 0.15) is 10.4 Å². The number of hydrogen-bond donors (Lipinski definition) is 1. The van der Waals surface area contributed by atoms with Gasteiger partial charge >= 0.3 is 5.69 Å². The number of methoxy groups -OCH3 is 1. The molecule has 110 valence electrons. The lowest BCUT2D eigenvalue weighted by atomic mass is 10.1. The highest BCUT2D eigenvalue weighted by molar-refractivity contribution is 5.95. The molecule has 2 rings (SSSR count). The van der Waals surface area contributed by atoms with Crippen molar-refractivity contribution in [3.05, 3.63) is 33.9 Å². The summed E-state index contributed by atoms with van der Waals surface area (Å²) in [5, 5.41) is 13.9. The smallest absolute Gasteiger partial charge is 0.310 e. The Kier molecular flexibility index (Phi) is 5.72. The van der Waals surface area contributed by atoms with E-state index in [0.29, 0.717) is 18.7 Å². The summed E-state index contributed by atoms with van der Waals surface area (Å²) in [6, 6.07) is 4.18. The molecule has 0 spiro atoms. The van der Waals surface area contributed by atoms with E-state index in [1.54, 1.807) is 4.90 Å². The Hall–Kier alpha value is -1.86. The summed E-state index contributed by atoms with van der Waals surface area (Å²) in [7, 11) is 1.35. The van der Waals surface area contributed by atoms with E-state index in [0.717, 1.165) is 13.1 Å². The number of rotatable bonds is 3. The SMILES string of the molecule is COc1cc(C(=O)N2CCNCC2)ccc1[N+](=O)[O-].Cl. The average molecular weight is 302 g/mol. The normalized spacial score (nSPS) is 14.3. The van der Waals surface area contributed by atoms with Crippen molar-refractivity contribution < 1.29 is 14.5 Å². The highest BCUT2D eigenvalue weighted by atomic mass is 35.5. The van der Waals surface area contributed by atoms with Crippen molar-refractivity contribution in [2.24, 2.45) is 0 Å². The number of hydrogen-bond acceptors (Lipinski definition) is 5. The fourth-order valence-corrected chi connectivity index (χ4v) is 2.01. The van der Waals surface area contributed by atoms with Crippen molar-refractivity contribution in [2.45, 2.75) is 0 Å². The van der Waals surface area contributed by atoms with Gasteiger partial charge in [-0.05, 0) is 6.07 Å². The minimum atomic E-state index is -0.530. The van der Waals surface area contributed by atoms with Crippen LogP contribution in [0.25, 0.3) is 0 Å². The molecule has 1 aromatic carbocycles. The predicted molar refractivity (Wildman–Crippen MR) is 75.7 cm³/mol. The number of piperazine rings is 1. The summed E-state index contributed by atoms with van der Waals surface area (Å²) >= 11 is 0. The fraction of sp³-hybridized carbons (Fsp3) is 0.417. The van der Waals surface area contributed by atoms with Crippen LogP contribution in [0.15, 0.2) is 18.2 Å². The zero-order valence-electron chi connectivity index (χ0n) is 11.0. The lowest BCUT2D eigenvalue weighted by Crippen LogP contribution is -2.46. The van der Waals surface area contributed by atoms with Crippen LogP contribution in [-0.4, -0.2) is 49.0 Å². The number of carbonyl (C=O) groups excluding carboxylic acids is 1. The molecular formula is C12H16ClN3O4. The maximum Gasteiger partial charge on any atom is 0.310 e. The molecule has 7 nitrogen and oxygen atoms in total. The molecule has 1 aliphatic rings. The van der Waals surface area contributed by atoms with Gasteiger partial charge in [0.1, 0.15) is 0 Å². The van der Waals surface area contributed by atoms with Gasteiger partial charge < -0.3 is 15.0 Å². The number of nitrogens with one attached hydrogen (secondary N) is 1. The van der Waals surface area contributed by atoms with Crippen LogP contribution in [0.3, 0.4) is 0 Å². The summed E-state index contributed by atoms with van der Waals surface area (Å²) in [5.41, 5.74) is 0.267. The van der Waals surface area contributed by atoms with E-state index in [4.69, 9.17) is 4.74 Å². The Morgan fingerprint density at radius 3 is 2.60 bits per heavy atom. The monoisotopic (exact) mass is 301 g/mol. The van der Waals surface area contributed by atoms with Crippen molar-refractivity contribution in [1.82, 2.24) is 10.2 Å². The Balaban J connectivity index is 0.00000200. The zero-order chi connectivity index (χ0) is 13.8. The molecule has 0 aliphatic carbocycles. The van der Waals surface area contributed by atoms with Gasteiger partial charge in [-0.3, -0.25) is 14.9 Å². The van der Waals surface area contributed by atoms with Crippen molar-refractivity contribution in [3.8, 4) is 5.75 Å². The third-order valence-corrected chi connectivity index (χ3v) is 3.03. The predicted octanol–water partition coefficient (Wildman–Crippen LogP) is 1.07. The first-order valence-corrected chi connectivity index (χ1v) is 5.96. The summed E-state index contributed by atoms with van der Waals surface area (Å²) < 4.78 is 4.96. The fourth-order valence-electron chi connectivity index (χ4n) is 2.01. The highest BCUT2D eigenvalue weighted by Crippen LogP contribution is 2.28. The molecular weight excluding hydrogens is 286 g/mol. The number of ether oxygens (including phenoxy) is 1. The van der Waals surface area contributed by atoms with E-state index in [1.165, 1.54) is 25.3 Å². The molecule has 0 aromatic heterocycles. The van der Waals surface area contributed by atoms with Gasteiger partial charge in [0.25, 0.3) is 5.91 Å². The second-order valence-electron chi connectivity index (χ2n) is 4.19. The van der Waals surface area contributed by atoms with Gasteiger partial charge in [-0.25, -0.2) is 0 Å². The quantitative estimate of drug-likeness (QED) is 0.667. The van der Waals surface area contributed by atoms with Crippen molar-refractivity contribution in [1.29, 1.82) is 0 Å². The van der Waals surface area contributed by atoms with Crippen molar-refractivity contribution in [2.75, 3.05) is 33.3 Å². The molecule has 8 heteroatoms. The maximum atomic E-state index is 12.2. The molecule has 0 radical (unpaired) electrons. The van der Waals surface area contributed by atoms with Crippen molar-refractivity contribution in [3.63, 3.8) is 0 Å². The summed E-state index contributed by atoms with van der Waals surface area (Å²) in [4.78, 5) is 24.2. The van der Waals surface area contributed by atoms with E-state index in [1.807, 2.05) is 0 Å². The Morgan fingerprint density at radius 1 is 1.40 bits per heavy atom. The third-order valence-electron chi connectivity index (χ3n) is 3.03. The minimum absolute atomic E-state index is 0. The second-order valence-corrected chi connectivity index (χ2v) is 4.19. The van der Waals surface area contributed by atoms with E-state index in [-0.39, 0.29) is 29.8 Å². The van der Waals surface area contributed by atoms with Crippen LogP contribution in [0.5, 0.6) is 5.75 Å². The molecule has 0 atom stereocenters. The molecule has 0 bridgehead atoms. The first kappa shape index (κ1) is 16.2. The summed E-state index contributed by atoms with van der Waals surface area (Å²) in [5.74, 6) is -0.0271. The van der Waals surface area contributed by atoms with Gasteiger partial charge in [-0.2, -0.15) is 0 Å². The van der Waals surface area contributed by atoms with Gasteiger partial charge in [0, 0.05) is 43.9 Å². The molecule has 20 heavy (non-hydrogen) atoms. The van der Waals surface area contributed by atoms with Crippen LogP contribution in [0.2, 0.25) is 0 Å². The topological polar surface area (TPSA) is 84.7 Å². The number of carbonyl (C=O) groups is 1. The molecule has 1 heterocycles. The molecule has 1 N–H and O–H groups in total. The number of amides is 1. The molecule has 1 fully saturated rings. The van der Waals surface area contributed by atoms with E-state index in [9.17, 15) is 14.9 Å². The summed E-state index contributed by atoms with van der Waals surface area (Å²) in [6.45, 7) is 2.79.